The Hall–Kier alpha value is -2.40. The first-order valence-electron chi connectivity index (χ1n) is 8.02. The number of carbonyl (C=O) groups excluding carboxylic acids is 2. The Labute approximate surface area is 150 Å². The van der Waals surface area contributed by atoms with Crippen molar-refractivity contribution in [1.82, 2.24) is 4.90 Å². The number of aryl methyl sites for hydroxylation is 1. The highest BCUT2D eigenvalue weighted by Gasteiger charge is 2.35. The summed E-state index contributed by atoms with van der Waals surface area (Å²) in [6.45, 7) is 4.06. The van der Waals surface area contributed by atoms with E-state index in [4.69, 9.17) is 11.6 Å². The molecule has 0 spiro atoms. The highest BCUT2D eigenvalue weighted by molar-refractivity contribution is 6.30. The van der Waals surface area contributed by atoms with Crippen molar-refractivity contribution in [3.05, 3.63) is 64.4 Å². The Morgan fingerprint density at radius 1 is 1.16 bits per heavy atom. The molecular formula is C19H18ClFN2O2. The number of piperazine rings is 1. The van der Waals surface area contributed by atoms with E-state index >= 15 is 0 Å². The molecule has 0 aromatic heterocycles. The number of rotatable bonds is 2. The van der Waals surface area contributed by atoms with Crippen LogP contribution in [0.25, 0.3) is 0 Å². The van der Waals surface area contributed by atoms with Gasteiger partial charge in [-0.25, -0.2) is 4.39 Å². The van der Waals surface area contributed by atoms with E-state index < -0.39 is 6.04 Å². The Kier molecular flexibility index (Phi) is 4.77. The summed E-state index contributed by atoms with van der Waals surface area (Å²) in [5, 5.41) is 0.548. The summed E-state index contributed by atoms with van der Waals surface area (Å²) < 4.78 is 13.8. The molecule has 1 unspecified atom stereocenters. The molecule has 6 heteroatoms. The number of halogens is 2. The molecule has 0 aliphatic carbocycles. The van der Waals surface area contributed by atoms with E-state index in [2.05, 4.69) is 0 Å². The van der Waals surface area contributed by atoms with E-state index in [0.717, 1.165) is 0 Å². The fourth-order valence-electron chi connectivity index (χ4n) is 2.91. The molecule has 0 saturated carbocycles. The molecule has 3 rings (SSSR count). The molecule has 1 aliphatic rings. The van der Waals surface area contributed by atoms with E-state index in [-0.39, 0.29) is 17.6 Å². The van der Waals surface area contributed by atoms with Gasteiger partial charge in [0.05, 0.1) is 0 Å². The van der Waals surface area contributed by atoms with Crippen molar-refractivity contribution in [3.8, 4) is 0 Å². The molecule has 130 valence electrons. The van der Waals surface area contributed by atoms with Crippen molar-refractivity contribution in [2.45, 2.75) is 19.9 Å². The predicted octanol–water partition coefficient (Wildman–Crippen LogP) is 3.67. The third kappa shape index (κ3) is 3.37. The fourth-order valence-corrected chi connectivity index (χ4v) is 3.04. The second kappa shape index (κ2) is 6.84. The van der Waals surface area contributed by atoms with Crippen LogP contribution in [0, 0.1) is 12.7 Å². The first-order valence-corrected chi connectivity index (χ1v) is 8.40. The van der Waals surface area contributed by atoms with Gasteiger partial charge in [-0.1, -0.05) is 17.7 Å². The number of carbonyl (C=O) groups is 2. The van der Waals surface area contributed by atoms with Crippen LogP contribution in [0.1, 0.15) is 22.8 Å². The normalized spacial score (nSPS) is 17.8. The van der Waals surface area contributed by atoms with Crippen LogP contribution in [-0.2, 0) is 4.79 Å². The number of amides is 2. The van der Waals surface area contributed by atoms with Crippen LogP contribution >= 0.6 is 11.6 Å². The lowest BCUT2D eigenvalue weighted by atomic mass is 10.1. The van der Waals surface area contributed by atoms with Gasteiger partial charge in [0, 0.05) is 29.4 Å². The van der Waals surface area contributed by atoms with Gasteiger partial charge >= 0.3 is 0 Å². The van der Waals surface area contributed by atoms with Gasteiger partial charge in [-0.2, -0.15) is 0 Å². The van der Waals surface area contributed by atoms with Crippen molar-refractivity contribution in [1.29, 1.82) is 0 Å². The topological polar surface area (TPSA) is 40.6 Å². The standard InChI is InChI=1S/C19H18ClFN2O2/c1-12-3-8-16(11-17(12)21)23-10-9-22(13(2)18(23)24)19(25)14-4-6-15(20)7-5-14/h3-8,11,13H,9-10H2,1-2H3. The number of hydrogen-bond acceptors (Lipinski definition) is 2. The van der Waals surface area contributed by atoms with Crippen molar-refractivity contribution in [3.63, 3.8) is 0 Å². The second-order valence-electron chi connectivity index (χ2n) is 6.10. The fraction of sp³-hybridized carbons (Fsp3) is 0.263. The molecule has 2 amide bonds. The average Bonchev–Trinajstić information content (AvgIpc) is 2.60. The smallest absolute Gasteiger partial charge is 0.254 e. The molecule has 1 aliphatic heterocycles. The first-order chi connectivity index (χ1) is 11.9. The maximum Gasteiger partial charge on any atom is 0.254 e. The molecule has 1 heterocycles. The molecule has 0 N–H and O–H groups in total. The number of hydrogen-bond donors (Lipinski definition) is 0. The minimum atomic E-state index is -0.624. The van der Waals surface area contributed by atoms with Gasteiger partial charge in [-0.3, -0.25) is 9.59 Å². The largest absolute Gasteiger partial charge is 0.325 e. The number of anilines is 1. The van der Waals surface area contributed by atoms with Crippen molar-refractivity contribution < 1.29 is 14.0 Å². The molecule has 25 heavy (non-hydrogen) atoms. The zero-order valence-electron chi connectivity index (χ0n) is 14.0. The highest BCUT2D eigenvalue weighted by atomic mass is 35.5. The second-order valence-corrected chi connectivity index (χ2v) is 6.54. The summed E-state index contributed by atoms with van der Waals surface area (Å²) in [5.41, 5.74) is 1.53. The SMILES string of the molecule is Cc1ccc(N2CCN(C(=O)c3ccc(Cl)cc3)C(C)C2=O)cc1F. The molecule has 2 aromatic carbocycles. The Bertz CT molecular complexity index is 823. The summed E-state index contributed by atoms with van der Waals surface area (Å²) in [7, 11) is 0. The lowest BCUT2D eigenvalue weighted by Gasteiger charge is -2.39. The average molecular weight is 361 g/mol. The predicted molar refractivity (Wildman–Crippen MR) is 95.4 cm³/mol. The lowest BCUT2D eigenvalue weighted by Crippen LogP contribution is -2.57. The quantitative estimate of drug-likeness (QED) is 0.820. The summed E-state index contributed by atoms with van der Waals surface area (Å²) in [6.07, 6.45) is 0. The Morgan fingerprint density at radius 3 is 2.48 bits per heavy atom. The van der Waals surface area contributed by atoms with Crippen LogP contribution in [0.4, 0.5) is 10.1 Å². The minimum Gasteiger partial charge on any atom is -0.325 e. The van der Waals surface area contributed by atoms with Gasteiger partial charge in [0.2, 0.25) is 5.91 Å². The number of nitrogens with zero attached hydrogens (tertiary/aromatic N) is 2. The molecule has 1 saturated heterocycles. The van der Waals surface area contributed by atoms with Gasteiger partial charge < -0.3 is 9.80 Å². The van der Waals surface area contributed by atoms with Crippen LogP contribution in [0.3, 0.4) is 0 Å². The maximum atomic E-state index is 13.8. The summed E-state index contributed by atoms with van der Waals surface area (Å²) in [5.74, 6) is -0.790. The van der Waals surface area contributed by atoms with Crippen LogP contribution in [-0.4, -0.2) is 35.8 Å². The highest BCUT2D eigenvalue weighted by Crippen LogP contribution is 2.24. The van der Waals surface area contributed by atoms with Gasteiger partial charge in [0.25, 0.3) is 5.91 Å². The van der Waals surface area contributed by atoms with E-state index in [0.29, 0.717) is 34.9 Å². The zero-order valence-corrected chi connectivity index (χ0v) is 14.8. The van der Waals surface area contributed by atoms with Gasteiger partial charge in [0.1, 0.15) is 11.9 Å². The van der Waals surface area contributed by atoms with E-state index in [1.165, 1.54) is 15.9 Å². The molecule has 0 bridgehead atoms. The van der Waals surface area contributed by atoms with Gasteiger partial charge in [-0.15, -0.1) is 0 Å². The molecular weight excluding hydrogens is 343 g/mol. The van der Waals surface area contributed by atoms with E-state index in [1.807, 2.05) is 0 Å². The molecule has 2 aromatic rings. The van der Waals surface area contributed by atoms with Crippen LogP contribution in [0.15, 0.2) is 42.5 Å². The third-order valence-electron chi connectivity index (χ3n) is 4.47. The van der Waals surface area contributed by atoms with Crippen LogP contribution in [0.5, 0.6) is 0 Å². The van der Waals surface area contributed by atoms with Crippen LogP contribution in [0.2, 0.25) is 5.02 Å². The van der Waals surface area contributed by atoms with Crippen LogP contribution < -0.4 is 4.90 Å². The molecule has 1 fully saturated rings. The maximum absolute atomic E-state index is 13.8. The molecule has 4 nitrogen and oxygen atoms in total. The molecule has 0 radical (unpaired) electrons. The zero-order chi connectivity index (χ0) is 18.1. The monoisotopic (exact) mass is 360 g/mol. The summed E-state index contributed by atoms with van der Waals surface area (Å²) in [6, 6.07) is 10.7. The first kappa shape index (κ1) is 17.4. The lowest BCUT2D eigenvalue weighted by molar-refractivity contribution is -0.124. The van der Waals surface area contributed by atoms with Gasteiger partial charge in [-0.05, 0) is 55.8 Å². The van der Waals surface area contributed by atoms with Crippen molar-refractivity contribution in [2.75, 3.05) is 18.0 Å². The van der Waals surface area contributed by atoms with Crippen molar-refractivity contribution in [2.24, 2.45) is 0 Å². The van der Waals surface area contributed by atoms with Gasteiger partial charge in [0.15, 0.2) is 0 Å². The summed E-state index contributed by atoms with van der Waals surface area (Å²) >= 11 is 5.85. The third-order valence-corrected chi connectivity index (χ3v) is 4.73. The van der Waals surface area contributed by atoms with E-state index in [9.17, 15) is 14.0 Å². The minimum absolute atomic E-state index is 0.216. The van der Waals surface area contributed by atoms with E-state index in [1.54, 1.807) is 50.2 Å². The number of benzene rings is 2. The van der Waals surface area contributed by atoms with Crippen molar-refractivity contribution >= 4 is 29.1 Å². The Morgan fingerprint density at radius 2 is 1.84 bits per heavy atom. The Balaban J connectivity index is 1.80. The summed E-state index contributed by atoms with van der Waals surface area (Å²) in [4.78, 5) is 28.4. The molecule has 1 atom stereocenters.